The lowest BCUT2D eigenvalue weighted by atomic mass is 9.77. The highest BCUT2D eigenvalue weighted by molar-refractivity contribution is 6.05. The summed E-state index contributed by atoms with van der Waals surface area (Å²) in [6.45, 7) is 0. The zero-order chi connectivity index (χ0) is 17.0. The third-order valence-electron chi connectivity index (χ3n) is 3.98. The summed E-state index contributed by atoms with van der Waals surface area (Å²) in [6, 6.07) is 3.17. The number of nitrogens with two attached hydrogens (primary N) is 2. The second-order valence-electron chi connectivity index (χ2n) is 5.58. The zero-order valence-corrected chi connectivity index (χ0v) is 12.4. The fourth-order valence-electron chi connectivity index (χ4n) is 2.51. The van der Waals surface area contributed by atoms with Crippen LogP contribution < -0.4 is 22.1 Å². The molecule has 0 bridgehead atoms. The van der Waals surface area contributed by atoms with Gasteiger partial charge in [0.25, 0.3) is 0 Å². The molecule has 0 aromatic heterocycles. The number of halogens is 1. The number of primary amides is 2. The molecule has 0 spiro atoms. The standard InChI is InChI=1S/C15H19FN4O3/c16-10-6-4-9(5-7-10)11(8-2-1-3-8)19-15(23)20-12(13(17)21)14(18)22/h4-8,11-12H,1-3H2,(H2,17,21)(H2,18,22)(H2,19,20,23). The van der Waals surface area contributed by atoms with Gasteiger partial charge in [0.15, 0.2) is 6.04 Å². The quantitative estimate of drug-likeness (QED) is 0.563. The topological polar surface area (TPSA) is 127 Å². The van der Waals surface area contributed by atoms with E-state index in [2.05, 4.69) is 10.6 Å². The van der Waals surface area contributed by atoms with Crippen molar-refractivity contribution in [3.8, 4) is 0 Å². The maximum Gasteiger partial charge on any atom is 0.316 e. The number of hydrogen-bond acceptors (Lipinski definition) is 3. The Kier molecular flexibility index (Phi) is 5.15. The number of nitrogens with one attached hydrogen (secondary N) is 2. The summed E-state index contributed by atoms with van der Waals surface area (Å²) in [5.74, 6) is -2.22. The van der Waals surface area contributed by atoms with E-state index in [9.17, 15) is 18.8 Å². The summed E-state index contributed by atoms with van der Waals surface area (Å²) in [7, 11) is 0. The molecule has 23 heavy (non-hydrogen) atoms. The van der Waals surface area contributed by atoms with Crippen LogP contribution in [0.3, 0.4) is 0 Å². The third-order valence-corrected chi connectivity index (χ3v) is 3.98. The number of rotatable bonds is 6. The highest BCUT2D eigenvalue weighted by Gasteiger charge is 2.31. The van der Waals surface area contributed by atoms with Crippen LogP contribution in [0.4, 0.5) is 9.18 Å². The van der Waals surface area contributed by atoms with Gasteiger partial charge in [-0.2, -0.15) is 0 Å². The molecule has 1 aromatic carbocycles. The van der Waals surface area contributed by atoms with E-state index in [-0.39, 0.29) is 17.8 Å². The number of hydrogen-bond donors (Lipinski definition) is 4. The number of benzene rings is 1. The summed E-state index contributed by atoms with van der Waals surface area (Å²) in [5.41, 5.74) is 10.8. The smallest absolute Gasteiger partial charge is 0.316 e. The summed E-state index contributed by atoms with van der Waals surface area (Å²) >= 11 is 0. The van der Waals surface area contributed by atoms with Gasteiger partial charge in [0.2, 0.25) is 11.8 Å². The normalized spacial score (nSPS) is 15.6. The Morgan fingerprint density at radius 1 is 1.04 bits per heavy atom. The van der Waals surface area contributed by atoms with Crippen molar-refractivity contribution in [2.24, 2.45) is 17.4 Å². The molecule has 0 heterocycles. The Balaban J connectivity index is 2.08. The molecule has 1 unspecified atom stereocenters. The minimum Gasteiger partial charge on any atom is -0.367 e. The molecule has 0 radical (unpaired) electrons. The van der Waals surface area contributed by atoms with E-state index in [4.69, 9.17) is 11.5 Å². The van der Waals surface area contributed by atoms with Gasteiger partial charge >= 0.3 is 6.03 Å². The molecular weight excluding hydrogens is 303 g/mol. The van der Waals surface area contributed by atoms with Crippen LogP contribution in [0.15, 0.2) is 24.3 Å². The van der Waals surface area contributed by atoms with Gasteiger partial charge in [0.1, 0.15) is 5.82 Å². The molecule has 7 nitrogen and oxygen atoms in total. The largest absolute Gasteiger partial charge is 0.367 e. The van der Waals surface area contributed by atoms with Crippen molar-refractivity contribution in [3.63, 3.8) is 0 Å². The average molecular weight is 322 g/mol. The molecule has 1 aliphatic rings. The Hall–Kier alpha value is -2.64. The molecule has 1 atom stereocenters. The summed E-state index contributed by atoms with van der Waals surface area (Å²) in [5, 5.41) is 4.86. The number of amides is 4. The predicted octanol–water partition coefficient (Wildman–Crippen LogP) is 0.305. The highest BCUT2D eigenvalue weighted by atomic mass is 19.1. The summed E-state index contributed by atoms with van der Waals surface area (Å²) in [6.07, 6.45) is 2.91. The molecule has 2 rings (SSSR count). The molecule has 8 heteroatoms. The van der Waals surface area contributed by atoms with Gasteiger partial charge in [-0.1, -0.05) is 18.6 Å². The SMILES string of the molecule is NC(=O)C(NC(=O)NC(c1ccc(F)cc1)C1CCC1)C(N)=O. The van der Waals surface area contributed by atoms with Crippen molar-refractivity contribution < 1.29 is 18.8 Å². The lowest BCUT2D eigenvalue weighted by molar-refractivity contribution is -0.128. The van der Waals surface area contributed by atoms with E-state index >= 15 is 0 Å². The maximum atomic E-state index is 13.1. The molecule has 0 saturated heterocycles. The first kappa shape index (κ1) is 16.7. The van der Waals surface area contributed by atoms with Crippen molar-refractivity contribution in [1.29, 1.82) is 0 Å². The van der Waals surface area contributed by atoms with E-state index in [1.807, 2.05) is 0 Å². The Labute approximate surface area is 132 Å². The molecule has 1 aromatic rings. The van der Waals surface area contributed by atoms with Gasteiger partial charge in [0, 0.05) is 0 Å². The Bertz CT molecular complexity index is 587. The lowest BCUT2D eigenvalue weighted by Gasteiger charge is -2.34. The number of carbonyl (C=O) groups is 3. The molecule has 1 fully saturated rings. The average Bonchev–Trinajstić information content (AvgIpc) is 2.42. The first-order valence-corrected chi connectivity index (χ1v) is 7.29. The van der Waals surface area contributed by atoms with E-state index in [1.165, 1.54) is 12.1 Å². The van der Waals surface area contributed by atoms with E-state index in [0.29, 0.717) is 0 Å². The van der Waals surface area contributed by atoms with E-state index in [1.54, 1.807) is 12.1 Å². The summed E-state index contributed by atoms with van der Waals surface area (Å²) in [4.78, 5) is 34.3. The maximum absolute atomic E-state index is 13.1. The van der Waals surface area contributed by atoms with Crippen LogP contribution in [0.1, 0.15) is 30.9 Å². The fraction of sp³-hybridized carbons (Fsp3) is 0.400. The van der Waals surface area contributed by atoms with Crippen LogP contribution in [0.5, 0.6) is 0 Å². The van der Waals surface area contributed by atoms with Crippen LogP contribution >= 0.6 is 0 Å². The van der Waals surface area contributed by atoms with Gasteiger partial charge in [-0.3, -0.25) is 9.59 Å². The monoisotopic (exact) mass is 322 g/mol. The van der Waals surface area contributed by atoms with Crippen LogP contribution in [0.2, 0.25) is 0 Å². The van der Waals surface area contributed by atoms with Gasteiger partial charge in [-0.25, -0.2) is 9.18 Å². The molecule has 1 aliphatic carbocycles. The van der Waals surface area contributed by atoms with Crippen LogP contribution in [0, 0.1) is 11.7 Å². The Morgan fingerprint density at radius 3 is 2.04 bits per heavy atom. The fourth-order valence-corrected chi connectivity index (χ4v) is 2.51. The van der Waals surface area contributed by atoms with Crippen molar-refractivity contribution >= 4 is 17.8 Å². The van der Waals surface area contributed by atoms with E-state index < -0.39 is 23.9 Å². The van der Waals surface area contributed by atoms with Crippen LogP contribution in [0.25, 0.3) is 0 Å². The number of carbonyl (C=O) groups excluding carboxylic acids is 3. The van der Waals surface area contributed by atoms with Gasteiger partial charge in [-0.05, 0) is 36.5 Å². The predicted molar refractivity (Wildman–Crippen MR) is 80.3 cm³/mol. The molecule has 124 valence electrons. The van der Waals surface area contributed by atoms with Crippen molar-refractivity contribution in [1.82, 2.24) is 10.6 Å². The third kappa shape index (κ3) is 4.18. The first-order valence-electron chi connectivity index (χ1n) is 7.29. The Morgan fingerprint density at radius 2 is 1.61 bits per heavy atom. The lowest BCUT2D eigenvalue weighted by Crippen LogP contribution is -2.55. The molecular formula is C15H19FN4O3. The second-order valence-corrected chi connectivity index (χ2v) is 5.58. The highest BCUT2D eigenvalue weighted by Crippen LogP contribution is 2.37. The second kappa shape index (κ2) is 7.08. The molecule has 6 N–H and O–H groups in total. The molecule has 1 saturated carbocycles. The van der Waals surface area contributed by atoms with Gasteiger partial charge in [0.05, 0.1) is 6.04 Å². The van der Waals surface area contributed by atoms with Crippen molar-refractivity contribution in [3.05, 3.63) is 35.6 Å². The van der Waals surface area contributed by atoms with Gasteiger partial charge < -0.3 is 22.1 Å². The van der Waals surface area contributed by atoms with Crippen molar-refractivity contribution in [2.75, 3.05) is 0 Å². The van der Waals surface area contributed by atoms with Crippen molar-refractivity contribution in [2.45, 2.75) is 31.3 Å². The molecule has 4 amide bonds. The van der Waals surface area contributed by atoms with Crippen LogP contribution in [-0.2, 0) is 9.59 Å². The first-order chi connectivity index (χ1) is 10.9. The molecule has 0 aliphatic heterocycles. The van der Waals surface area contributed by atoms with Crippen LogP contribution in [-0.4, -0.2) is 23.9 Å². The zero-order valence-electron chi connectivity index (χ0n) is 12.4. The summed E-state index contributed by atoms with van der Waals surface area (Å²) < 4.78 is 13.1. The minimum absolute atomic E-state index is 0.215. The number of urea groups is 1. The van der Waals surface area contributed by atoms with E-state index in [0.717, 1.165) is 24.8 Å². The van der Waals surface area contributed by atoms with Gasteiger partial charge in [-0.15, -0.1) is 0 Å². The minimum atomic E-state index is -1.58.